The Morgan fingerprint density at radius 2 is 2.09 bits per heavy atom. The summed E-state index contributed by atoms with van der Waals surface area (Å²) < 4.78 is 0. The zero-order chi connectivity index (χ0) is 8.10. The second-order valence-electron chi connectivity index (χ2n) is 2.29. The Labute approximate surface area is 67.9 Å². The van der Waals surface area contributed by atoms with Gasteiger partial charge in [-0.25, -0.2) is 0 Å². The van der Waals surface area contributed by atoms with Crippen LogP contribution in [0.15, 0.2) is 60.8 Å². The molecule has 0 saturated heterocycles. The van der Waals surface area contributed by atoms with E-state index in [-0.39, 0.29) is 0 Å². The van der Waals surface area contributed by atoms with E-state index in [1.54, 1.807) is 6.08 Å². The topological polar surface area (TPSA) is 0 Å². The molecular formula is C11H11. The SMILES string of the molecule is C=C/C=C\C1=CC=C[CH]C1=C. The Morgan fingerprint density at radius 3 is 2.73 bits per heavy atom. The first-order valence-corrected chi connectivity index (χ1v) is 3.54. The fourth-order valence-electron chi connectivity index (χ4n) is 0.868. The fraction of sp³-hybridized carbons (Fsp3) is 0. The summed E-state index contributed by atoms with van der Waals surface area (Å²) in [6, 6.07) is 0. The summed E-state index contributed by atoms with van der Waals surface area (Å²) in [7, 11) is 0. The van der Waals surface area contributed by atoms with Crippen LogP contribution in [0.4, 0.5) is 0 Å². The third-order valence-corrected chi connectivity index (χ3v) is 1.47. The molecule has 0 aromatic carbocycles. The van der Waals surface area contributed by atoms with Crippen LogP contribution in [-0.2, 0) is 0 Å². The Balaban J connectivity index is 2.76. The molecule has 0 atom stereocenters. The van der Waals surface area contributed by atoms with Crippen LogP contribution >= 0.6 is 0 Å². The number of hydrogen-bond acceptors (Lipinski definition) is 0. The van der Waals surface area contributed by atoms with Gasteiger partial charge in [0, 0.05) is 6.42 Å². The van der Waals surface area contributed by atoms with Crippen molar-refractivity contribution in [3.05, 3.63) is 67.2 Å². The molecule has 0 bridgehead atoms. The van der Waals surface area contributed by atoms with Gasteiger partial charge in [0.25, 0.3) is 0 Å². The molecule has 0 aromatic heterocycles. The lowest BCUT2D eigenvalue weighted by Gasteiger charge is -2.05. The molecule has 1 aliphatic carbocycles. The van der Waals surface area contributed by atoms with Crippen molar-refractivity contribution in [1.29, 1.82) is 0 Å². The predicted octanol–water partition coefficient (Wildman–Crippen LogP) is 2.99. The maximum atomic E-state index is 3.89. The quantitative estimate of drug-likeness (QED) is 0.521. The van der Waals surface area contributed by atoms with Crippen LogP contribution in [0, 0.1) is 6.42 Å². The average molecular weight is 143 g/mol. The summed E-state index contributed by atoms with van der Waals surface area (Å²) in [4.78, 5) is 0. The van der Waals surface area contributed by atoms with Gasteiger partial charge in [0.2, 0.25) is 0 Å². The van der Waals surface area contributed by atoms with Gasteiger partial charge in [0.05, 0.1) is 0 Å². The van der Waals surface area contributed by atoms with Gasteiger partial charge in [-0.2, -0.15) is 0 Å². The van der Waals surface area contributed by atoms with E-state index in [1.165, 1.54) is 0 Å². The number of rotatable bonds is 2. The van der Waals surface area contributed by atoms with Crippen LogP contribution in [0.3, 0.4) is 0 Å². The lowest BCUT2D eigenvalue weighted by atomic mass is 10.00. The van der Waals surface area contributed by atoms with Crippen molar-refractivity contribution in [2.45, 2.75) is 0 Å². The Kier molecular flexibility index (Phi) is 2.67. The molecule has 1 rings (SSSR count). The van der Waals surface area contributed by atoms with Gasteiger partial charge >= 0.3 is 0 Å². The molecule has 0 N–H and O–H groups in total. The van der Waals surface area contributed by atoms with Crippen molar-refractivity contribution < 1.29 is 0 Å². The molecule has 55 valence electrons. The molecule has 0 heterocycles. The van der Waals surface area contributed by atoms with E-state index in [0.717, 1.165) is 11.1 Å². The van der Waals surface area contributed by atoms with E-state index in [4.69, 9.17) is 0 Å². The molecular weight excluding hydrogens is 132 g/mol. The largest absolute Gasteiger partial charge is 0.0991 e. The maximum Gasteiger partial charge on any atom is 0.0125 e. The molecule has 0 fully saturated rings. The van der Waals surface area contributed by atoms with Gasteiger partial charge in [-0.1, -0.05) is 49.6 Å². The van der Waals surface area contributed by atoms with Crippen molar-refractivity contribution in [3.63, 3.8) is 0 Å². The van der Waals surface area contributed by atoms with Crippen molar-refractivity contribution in [1.82, 2.24) is 0 Å². The van der Waals surface area contributed by atoms with Crippen molar-refractivity contribution >= 4 is 0 Å². The molecule has 1 radical (unpaired) electrons. The molecule has 1 aliphatic rings. The minimum atomic E-state index is 1.05. The fourth-order valence-corrected chi connectivity index (χ4v) is 0.868. The monoisotopic (exact) mass is 143 g/mol. The number of hydrogen-bond donors (Lipinski definition) is 0. The number of allylic oxidation sites excluding steroid dienone is 8. The summed E-state index contributed by atoms with van der Waals surface area (Å²) in [5.41, 5.74) is 2.19. The van der Waals surface area contributed by atoms with Crippen molar-refractivity contribution in [2.75, 3.05) is 0 Å². The van der Waals surface area contributed by atoms with E-state index in [0.29, 0.717) is 0 Å². The first-order chi connectivity index (χ1) is 5.34. The molecule has 11 heavy (non-hydrogen) atoms. The zero-order valence-electron chi connectivity index (χ0n) is 6.46. The standard InChI is InChI=1S/C11H11/c1-3-4-8-11-9-6-5-7-10(11)2/h3-9H,1-2H2/b8-4-. The molecule has 0 aromatic rings. The second-order valence-corrected chi connectivity index (χ2v) is 2.29. The lowest BCUT2D eigenvalue weighted by Crippen LogP contribution is -1.87. The van der Waals surface area contributed by atoms with E-state index >= 15 is 0 Å². The first kappa shape index (κ1) is 7.80. The highest BCUT2D eigenvalue weighted by atomic mass is 14.0. The van der Waals surface area contributed by atoms with Crippen LogP contribution in [0.1, 0.15) is 0 Å². The maximum absolute atomic E-state index is 3.89. The summed E-state index contributed by atoms with van der Waals surface area (Å²) >= 11 is 0. The van der Waals surface area contributed by atoms with Crippen LogP contribution in [0.2, 0.25) is 0 Å². The van der Waals surface area contributed by atoms with Crippen LogP contribution in [0.25, 0.3) is 0 Å². The van der Waals surface area contributed by atoms with Gasteiger partial charge in [0.1, 0.15) is 0 Å². The highest BCUT2D eigenvalue weighted by Gasteiger charge is 1.99. The summed E-state index contributed by atoms with van der Waals surface area (Å²) in [5, 5.41) is 0. The summed E-state index contributed by atoms with van der Waals surface area (Å²) in [5.74, 6) is 0. The molecule has 0 aliphatic heterocycles. The average Bonchev–Trinajstić information content (AvgIpc) is 2.03. The van der Waals surface area contributed by atoms with Crippen LogP contribution in [0.5, 0.6) is 0 Å². The van der Waals surface area contributed by atoms with Crippen molar-refractivity contribution in [2.24, 2.45) is 0 Å². The second kappa shape index (κ2) is 3.77. The van der Waals surface area contributed by atoms with Crippen molar-refractivity contribution in [3.8, 4) is 0 Å². The Hall–Kier alpha value is -1.30. The predicted molar refractivity (Wildman–Crippen MR) is 50.0 cm³/mol. The normalized spacial score (nSPS) is 17.1. The highest BCUT2D eigenvalue weighted by molar-refractivity contribution is 5.50. The minimum absolute atomic E-state index is 1.05. The molecule has 0 nitrogen and oxygen atoms in total. The smallest absolute Gasteiger partial charge is 0.0125 e. The molecule has 0 unspecified atom stereocenters. The minimum Gasteiger partial charge on any atom is -0.0991 e. The third-order valence-electron chi connectivity index (χ3n) is 1.47. The lowest BCUT2D eigenvalue weighted by molar-refractivity contribution is 1.45. The molecule has 0 saturated carbocycles. The third kappa shape index (κ3) is 2.08. The van der Waals surface area contributed by atoms with E-state index in [9.17, 15) is 0 Å². The van der Waals surface area contributed by atoms with E-state index in [2.05, 4.69) is 13.2 Å². The summed E-state index contributed by atoms with van der Waals surface area (Å²) in [6.07, 6.45) is 13.7. The zero-order valence-corrected chi connectivity index (χ0v) is 6.46. The van der Waals surface area contributed by atoms with Gasteiger partial charge < -0.3 is 0 Å². The van der Waals surface area contributed by atoms with Gasteiger partial charge in [-0.15, -0.1) is 0 Å². The van der Waals surface area contributed by atoms with Gasteiger partial charge in [-0.05, 0) is 11.1 Å². The van der Waals surface area contributed by atoms with Gasteiger partial charge in [-0.3, -0.25) is 0 Å². The molecule has 0 spiro atoms. The highest BCUT2D eigenvalue weighted by Crippen LogP contribution is 2.17. The van der Waals surface area contributed by atoms with Crippen LogP contribution in [-0.4, -0.2) is 0 Å². The van der Waals surface area contributed by atoms with Gasteiger partial charge in [0.15, 0.2) is 0 Å². The van der Waals surface area contributed by atoms with Crippen LogP contribution < -0.4 is 0 Å². The van der Waals surface area contributed by atoms with E-state index in [1.807, 2.05) is 36.8 Å². The first-order valence-electron chi connectivity index (χ1n) is 3.54. The van der Waals surface area contributed by atoms with E-state index < -0.39 is 0 Å². The Morgan fingerprint density at radius 1 is 1.27 bits per heavy atom. The molecule has 0 heteroatoms. The summed E-state index contributed by atoms with van der Waals surface area (Å²) in [6.45, 7) is 7.49. The molecule has 0 amide bonds. The Bertz CT molecular complexity index is 249.